The average Bonchev–Trinajstić information content (AvgIpc) is 2.69. The molecule has 0 amide bonds. The highest BCUT2D eigenvalue weighted by molar-refractivity contribution is 5.13. The Labute approximate surface area is 78.5 Å². The van der Waals surface area contributed by atoms with Crippen LogP contribution in [0.4, 0.5) is 0 Å². The standard InChI is InChI=1S/C11H14O2/c1-2-5-10(6-3-1)9-13-11-7-4-8-12-11/h1-3,5-6,11H,4,7-9H2/t11-/m0/s1. The number of hydrogen-bond acceptors (Lipinski definition) is 2. The van der Waals surface area contributed by atoms with Gasteiger partial charge in [0.25, 0.3) is 0 Å². The minimum absolute atomic E-state index is 0.0280. The molecule has 0 spiro atoms. The van der Waals surface area contributed by atoms with Crippen LogP contribution in [-0.2, 0) is 16.1 Å². The molecule has 1 saturated heterocycles. The second kappa shape index (κ2) is 4.40. The molecule has 1 aliphatic rings. The second-order valence-electron chi connectivity index (χ2n) is 3.24. The normalized spacial score (nSPS) is 22.0. The Bertz CT molecular complexity index is 240. The summed E-state index contributed by atoms with van der Waals surface area (Å²) in [6.07, 6.45) is 2.19. The first-order valence-corrected chi connectivity index (χ1v) is 4.72. The lowest BCUT2D eigenvalue weighted by Gasteiger charge is -2.10. The third kappa shape index (κ3) is 2.54. The third-order valence-corrected chi connectivity index (χ3v) is 2.17. The lowest BCUT2D eigenvalue weighted by atomic mass is 10.2. The van der Waals surface area contributed by atoms with Crippen molar-refractivity contribution in [3.63, 3.8) is 0 Å². The number of benzene rings is 1. The van der Waals surface area contributed by atoms with Crippen molar-refractivity contribution < 1.29 is 9.47 Å². The van der Waals surface area contributed by atoms with Crippen molar-refractivity contribution in [2.75, 3.05) is 6.61 Å². The van der Waals surface area contributed by atoms with Crippen LogP contribution in [0.5, 0.6) is 0 Å². The van der Waals surface area contributed by atoms with Gasteiger partial charge < -0.3 is 9.47 Å². The van der Waals surface area contributed by atoms with Crippen LogP contribution >= 0.6 is 0 Å². The van der Waals surface area contributed by atoms with Gasteiger partial charge in [0, 0.05) is 13.0 Å². The highest BCUT2D eigenvalue weighted by Gasteiger charge is 2.15. The molecule has 1 atom stereocenters. The largest absolute Gasteiger partial charge is 0.353 e. The molecule has 2 rings (SSSR count). The predicted octanol–water partition coefficient (Wildman–Crippen LogP) is 2.34. The van der Waals surface area contributed by atoms with Crippen LogP contribution in [-0.4, -0.2) is 12.9 Å². The van der Waals surface area contributed by atoms with E-state index in [0.717, 1.165) is 19.4 Å². The summed E-state index contributed by atoms with van der Waals surface area (Å²) >= 11 is 0. The van der Waals surface area contributed by atoms with Crippen molar-refractivity contribution in [3.05, 3.63) is 35.9 Å². The molecular formula is C11H14O2. The van der Waals surface area contributed by atoms with Crippen LogP contribution in [0.15, 0.2) is 30.3 Å². The fourth-order valence-corrected chi connectivity index (χ4v) is 1.44. The molecule has 1 heterocycles. The number of rotatable bonds is 3. The SMILES string of the molecule is c1ccc(CO[C@H]2CCCO2)cc1. The molecule has 70 valence electrons. The Morgan fingerprint density at radius 2 is 2.15 bits per heavy atom. The summed E-state index contributed by atoms with van der Waals surface area (Å²) in [5.74, 6) is 0. The van der Waals surface area contributed by atoms with Gasteiger partial charge in [-0.05, 0) is 12.0 Å². The van der Waals surface area contributed by atoms with Gasteiger partial charge in [-0.15, -0.1) is 0 Å². The van der Waals surface area contributed by atoms with E-state index in [-0.39, 0.29) is 6.29 Å². The van der Waals surface area contributed by atoms with E-state index in [0.29, 0.717) is 6.61 Å². The Kier molecular flexibility index (Phi) is 2.95. The summed E-state index contributed by atoms with van der Waals surface area (Å²) in [5.41, 5.74) is 1.21. The zero-order valence-electron chi connectivity index (χ0n) is 7.61. The minimum Gasteiger partial charge on any atom is -0.353 e. The van der Waals surface area contributed by atoms with Crippen molar-refractivity contribution in [3.8, 4) is 0 Å². The van der Waals surface area contributed by atoms with E-state index in [2.05, 4.69) is 12.1 Å². The van der Waals surface area contributed by atoms with Crippen LogP contribution in [0.25, 0.3) is 0 Å². The van der Waals surface area contributed by atoms with Gasteiger partial charge in [0.15, 0.2) is 6.29 Å². The van der Waals surface area contributed by atoms with Crippen LogP contribution < -0.4 is 0 Å². The van der Waals surface area contributed by atoms with Gasteiger partial charge in [-0.25, -0.2) is 0 Å². The van der Waals surface area contributed by atoms with Gasteiger partial charge in [0.05, 0.1) is 6.61 Å². The molecule has 1 aliphatic heterocycles. The molecule has 0 radical (unpaired) electrons. The summed E-state index contributed by atoms with van der Waals surface area (Å²) in [6, 6.07) is 10.2. The van der Waals surface area contributed by atoms with Crippen molar-refractivity contribution in [1.82, 2.24) is 0 Å². The fraction of sp³-hybridized carbons (Fsp3) is 0.455. The molecule has 2 heteroatoms. The van der Waals surface area contributed by atoms with E-state index >= 15 is 0 Å². The molecule has 1 fully saturated rings. The molecule has 0 aromatic heterocycles. The summed E-state index contributed by atoms with van der Waals surface area (Å²) in [7, 11) is 0. The molecule has 1 aromatic rings. The van der Waals surface area contributed by atoms with Gasteiger partial charge in [-0.1, -0.05) is 30.3 Å². The van der Waals surface area contributed by atoms with E-state index in [1.165, 1.54) is 5.56 Å². The van der Waals surface area contributed by atoms with E-state index in [9.17, 15) is 0 Å². The van der Waals surface area contributed by atoms with Crippen molar-refractivity contribution in [2.45, 2.75) is 25.7 Å². The van der Waals surface area contributed by atoms with E-state index in [1.54, 1.807) is 0 Å². The first-order valence-electron chi connectivity index (χ1n) is 4.72. The lowest BCUT2D eigenvalue weighted by molar-refractivity contribution is -0.118. The molecule has 2 nitrogen and oxygen atoms in total. The quantitative estimate of drug-likeness (QED) is 0.707. The summed E-state index contributed by atoms with van der Waals surface area (Å²) in [5, 5.41) is 0. The fourth-order valence-electron chi connectivity index (χ4n) is 1.44. The Hall–Kier alpha value is -0.860. The van der Waals surface area contributed by atoms with Gasteiger partial charge in [0.2, 0.25) is 0 Å². The molecule has 13 heavy (non-hydrogen) atoms. The third-order valence-electron chi connectivity index (χ3n) is 2.17. The first-order chi connectivity index (χ1) is 6.45. The molecule has 0 bridgehead atoms. The molecule has 0 N–H and O–H groups in total. The molecule has 0 unspecified atom stereocenters. The monoisotopic (exact) mass is 178 g/mol. The van der Waals surface area contributed by atoms with Gasteiger partial charge in [0.1, 0.15) is 0 Å². The van der Waals surface area contributed by atoms with Crippen molar-refractivity contribution in [2.24, 2.45) is 0 Å². The van der Waals surface area contributed by atoms with Crippen molar-refractivity contribution >= 4 is 0 Å². The van der Waals surface area contributed by atoms with Gasteiger partial charge >= 0.3 is 0 Å². The van der Waals surface area contributed by atoms with Crippen LogP contribution in [0.1, 0.15) is 18.4 Å². The first kappa shape index (κ1) is 8.73. The maximum Gasteiger partial charge on any atom is 0.158 e. The maximum absolute atomic E-state index is 5.57. The highest BCUT2D eigenvalue weighted by Crippen LogP contribution is 2.14. The Morgan fingerprint density at radius 1 is 1.31 bits per heavy atom. The Morgan fingerprint density at radius 3 is 2.85 bits per heavy atom. The average molecular weight is 178 g/mol. The molecule has 0 aliphatic carbocycles. The van der Waals surface area contributed by atoms with E-state index < -0.39 is 0 Å². The lowest BCUT2D eigenvalue weighted by Crippen LogP contribution is -2.09. The second-order valence-corrected chi connectivity index (χ2v) is 3.24. The van der Waals surface area contributed by atoms with Crippen LogP contribution in [0.2, 0.25) is 0 Å². The minimum atomic E-state index is 0.0280. The summed E-state index contributed by atoms with van der Waals surface area (Å²) in [6.45, 7) is 1.50. The zero-order valence-corrected chi connectivity index (χ0v) is 7.61. The maximum atomic E-state index is 5.57. The molecule has 1 aromatic carbocycles. The number of ether oxygens (including phenoxy) is 2. The van der Waals surface area contributed by atoms with Crippen LogP contribution in [0.3, 0.4) is 0 Å². The topological polar surface area (TPSA) is 18.5 Å². The summed E-state index contributed by atoms with van der Waals surface area (Å²) in [4.78, 5) is 0. The van der Waals surface area contributed by atoms with Gasteiger partial charge in [-0.3, -0.25) is 0 Å². The highest BCUT2D eigenvalue weighted by atomic mass is 16.7. The van der Waals surface area contributed by atoms with Crippen molar-refractivity contribution in [1.29, 1.82) is 0 Å². The predicted molar refractivity (Wildman–Crippen MR) is 50.2 cm³/mol. The Balaban J connectivity index is 1.79. The van der Waals surface area contributed by atoms with E-state index in [4.69, 9.17) is 9.47 Å². The molecule has 0 saturated carbocycles. The smallest absolute Gasteiger partial charge is 0.158 e. The zero-order chi connectivity index (χ0) is 8.93. The molecular weight excluding hydrogens is 164 g/mol. The van der Waals surface area contributed by atoms with E-state index in [1.807, 2.05) is 18.2 Å². The summed E-state index contributed by atoms with van der Waals surface area (Å²) < 4.78 is 10.9. The van der Waals surface area contributed by atoms with Crippen LogP contribution in [0, 0.1) is 0 Å². The van der Waals surface area contributed by atoms with Gasteiger partial charge in [-0.2, -0.15) is 0 Å². The number of hydrogen-bond donors (Lipinski definition) is 0.